The summed E-state index contributed by atoms with van der Waals surface area (Å²) in [6, 6.07) is 10.2. The van der Waals surface area contributed by atoms with E-state index in [1.807, 2.05) is 6.07 Å². The molecule has 0 fully saturated rings. The van der Waals surface area contributed by atoms with Crippen molar-refractivity contribution in [1.82, 2.24) is 9.97 Å². The molecule has 1 N–H and O–H groups in total. The summed E-state index contributed by atoms with van der Waals surface area (Å²) in [5.74, 6) is 1.32. The second-order valence-electron chi connectivity index (χ2n) is 4.90. The first kappa shape index (κ1) is 14.0. The number of aryl methyl sites for hydroxylation is 3. The first-order chi connectivity index (χ1) is 9.58. The quantitative estimate of drug-likeness (QED) is 0.924. The Morgan fingerprint density at radius 1 is 1.15 bits per heavy atom. The van der Waals surface area contributed by atoms with Gasteiger partial charge in [-0.25, -0.2) is 9.97 Å². The largest absolute Gasteiger partial charge is 0.370 e. The molecule has 0 atom stereocenters. The SMILES string of the molecule is Cc1ccc(CCNc2cc(C#N)nc(C)n2)c(C)c1. The summed E-state index contributed by atoms with van der Waals surface area (Å²) in [5, 5.41) is 12.1. The van der Waals surface area contributed by atoms with E-state index >= 15 is 0 Å². The van der Waals surface area contributed by atoms with E-state index in [4.69, 9.17) is 5.26 Å². The van der Waals surface area contributed by atoms with Crippen molar-refractivity contribution in [3.8, 4) is 6.07 Å². The van der Waals surface area contributed by atoms with Gasteiger partial charge in [0.2, 0.25) is 0 Å². The number of nitrogens with one attached hydrogen (secondary N) is 1. The fourth-order valence-electron chi connectivity index (χ4n) is 2.17. The van der Waals surface area contributed by atoms with Gasteiger partial charge in [-0.05, 0) is 38.3 Å². The number of nitriles is 1. The van der Waals surface area contributed by atoms with Gasteiger partial charge in [0.15, 0.2) is 0 Å². The minimum absolute atomic E-state index is 0.395. The lowest BCUT2D eigenvalue weighted by atomic mass is 10.0. The first-order valence-electron chi connectivity index (χ1n) is 6.64. The van der Waals surface area contributed by atoms with Gasteiger partial charge >= 0.3 is 0 Å². The van der Waals surface area contributed by atoms with Crippen LogP contribution in [-0.2, 0) is 6.42 Å². The zero-order chi connectivity index (χ0) is 14.5. The molecule has 2 rings (SSSR count). The van der Waals surface area contributed by atoms with Crippen molar-refractivity contribution in [3.63, 3.8) is 0 Å². The van der Waals surface area contributed by atoms with E-state index in [-0.39, 0.29) is 0 Å². The third kappa shape index (κ3) is 3.55. The van der Waals surface area contributed by atoms with Crippen LogP contribution in [0.3, 0.4) is 0 Å². The maximum atomic E-state index is 8.88. The van der Waals surface area contributed by atoms with Crippen LogP contribution in [0.25, 0.3) is 0 Å². The number of nitrogens with zero attached hydrogens (tertiary/aromatic N) is 3. The molecule has 1 heterocycles. The monoisotopic (exact) mass is 266 g/mol. The topological polar surface area (TPSA) is 61.6 Å². The number of hydrogen-bond donors (Lipinski definition) is 1. The Kier molecular flexibility index (Phi) is 4.31. The second-order valence-corrected chi connectivity index (χ2v) is 4.90. The van der Waals surface area contributed by atoms with Crippen molar-refractivity contribution in [3.05, 3.63) is 52.5 Å². The Morgan fingerprint density at radius 2 is 1.95 bits per heavy atom. The average molecular weight is 266 g/mol. The third-order valence-electron chi connectivity index (χ3n) is 3.15. The van der Waals surface area contributed by atoms with Crippen molar-refractivity contribution in [2.75, 3.05) is 11.9 Å². The summed E-state index contributed by atoms with van der Waals surface area (Å²) in [5.41, 5.74) is 4.31. The molecular formula is C16H18N4. The lowest BCUT2D eigenvalue weighted by Crippen LogP contribution is -2.08. The van der Waals surface area contributed by atoms with Gasteiger partial charge in [0, 0.05) is 12.6 Å². The van der Waals surface area contributed by atoms with Gasteiger partial charge in [-0.3, -0.25) is 0 Å². The fraction of sp³-hybridized carbons (Fsp3) is 0.312. The molecule has 0 saturated heterocycles. The summed E-state index contributed by atoms with van der Waals surface area (Å²) >= 11 is 0. The molecule has 0 spiro atoms. The highest BCUT2D eigenvalue weighted by Gasteiger charge is 2.02. The van der Waals surface area contributed by atoms with Crippen LogP contribution in [0, 0.1) is 32.1 Å². The molecule has 20 heavy (non-hydrogen) atoms. The molecule has 1 aromatic heterocycles. The Labute approximate surface area is 119 Å². The van der Waals surface area contributed by atoms with E-state index in [1.165, 1.54) is 16.7 Å². The molecule has 2 aromatic rings. The number of anilines is 1. The van der Waals surface area contributed by atoms with Crippen LogP contribution in [0.1, 0.15) is 28.2 Å². The minimum Gasteiger partial charge on any atom is -0.370 e. The van der Waals surface area contributed by atoms with E-state index in [0.717, 1.165) is 13.0 Å². The highest BCUT2D eigenvalue weighted by atomic mass is 15.0. The predicted molar refractivity (Wildman–Crippen MR) is 79.6 cm³/mol. The molecule has 0 aliphatic carbocycles. The van der Waals surface area contributed by atoms with Gasteiger partial charge < -0.3 is 5.32 Å². The van der Waals surface area contributed by atoms with E-state index in [1.54, 1.807) is 13.0 Å². The molecule has 0 radical (unpaired) electrons. The van der Waals surface area contributed by atoms with Gasteiger partial charge in [-0.1, -0.05) is 23.8 Å². The molecule has 0 aliphatic rings. The van der Waals surface area contributed by atoms with Gasteiger partial charge in [-0.15, -0.1) is 0 Å². The smallest absolute Gasteiger partial charge is 0.146 e. The van der Waals surface area contributed by atoms with Gasteiger partial charge in [0.1, 0.15) is 23.4 Å². The molecule has 4 nitrogen and oxygen atoms in total. The molecule has 0 bridgehead atoms. The van der Waals surface area contributed by atoms with E-state index in [9.17, 15) is 0 Å². The maximum absolute atomic E-state index is 8.88. The highest BCUT2D eigenvalue weighted by Crippen LogP contribution is 2.12. The minimum atomic E-state index is 0.395. The van der Waals surface area contributed by atoms with Gasteiger partial charge in [0.25, 0.3) is 0 Å². The Balaban J connectivity index is 1.99. The predicted octanol–water partition coefficient (Wildman–Crippen LogP) is 2.93. The summed E-state index contributed by atoms with van der Waals surface area (Å²) in [7, 11) is 0. The van der Waals surface area contributed by atoms with Gasteiger partial charge in [-0.2, -0.15) is 5.26 Å². The second kappa shape index (κ2) is 6.16. The van der Waals surface area contributed by atoms with Crippen molar-refractivity contribution in [2.24, 2.45) is 0 Å². The molecule has 102 valence electrons. The molecule has 0 saturated carbocycles. The maximum Gasteiger partial charge on any atom is 0.146 e. The molecule has 0 amide bonds. The van der Waals surface area contributed by atoms with Crippen LogP contribution < -0.4 is 5.32 Å². The first-order valence-corrected chi connectivity index (χ1v) is 6.64. The van der Waals surface area contributed by atoms with Crippen molar-refractivity contribution in [1.29, 1.82) is 5.26 Å². The molecule has 0 unspecified atom stereocenters. The normalized spacial score (nSPS) is 10.1. The fourth-order valence-corrected chi connectivity index (χ4v) is 2.17. The molecule has 4 heteroatoms. The van der Waals surface area contributed by atoms with Crippen LogP contribution in [-0.4, -0.2) is 16.5 Å². The average Bonchev–Trinajstić information content (AvgIpc) is 2.40. The third-order valence-corrected chi connectivity index (χ3v) is 3.15. The van der Waals surface area contributed by atoms with E-state index in [2.05, 4.69) is 47.3 Å². The number of benzene rings is 1. The summed E-state index contributed by atoms with van der Waals surface area (Å²) in [4.78, 5) is 8.31. The van der Waals surface area contributed by atoms with E-state index in [0.29, 0.717) is 17.3 Å². The van der Waals surface area contributed by atoms with Crippen molar-refractivity contribution in [2.45, 2.75) is 27.2 Å². The van der Waals surface area contributed by atoms with Crippen LogP contribution in [0.2, 0.25) is 0 Å². The number of hydrogen-bond acceptors (Lipinski definition) is 4. The molecular weight excluding hydrogens is 248 g/mol. The number of rotatable bonds is 4. The van der Waals surface area contributed by atoms with Gasteiger partial charge in [0.05, 0.1) is 0 Å². The summed E-state index contributed by atoms with van der Waals surface area (Å²) in [6.07, 6.45) is 0.928. The number of aromatic nitrogens is 2. The zero-order valence-corrected chi connectivity index (χ0v) is 12.1. The van der Waals surface area contributed by atoms with Crippen molar-refractivity contribution < 1.29 is 0 Å². The van der Waals surface area contributed by atoms with Crippen LogP contribution >= 0.6 is 0 Å². The zero-order valence-electron chi connectivity index (χ0n) is 12.1. The van der Waals surface area contributed by atoms with Crippen LogP contribution in [0.4, 0.5) is 5.82 Å². The van der Waals surface area contributed by atoms with E-state index < -0.39 is 0 Å². The molecule has 0 aliphatic heterocycles. The lowest BCUT2D eigenvalue weighted by molar-refractivity contribution is 0.968. The summed E-state index contributed by atoms with van der Waals surface area (Å²) in [6.45, 7) is 6.80. The van der Waals surface area contributed by atoms with Crippen molar-refractivity contribution >= 4 is 5.82 Å². The Hall–Kier alpha value is -2.41. The Bertz CT molecular complexity index is 656. The lowest BCUT2D eigenvalue weighted by Gasteiger charge is -2.09. The summed E-state index contributed by atoms with van der Waals surface area (Å²) < 4.78 is 0. The highest BCUT2D eigenvalue weighted by molar-refractivity contribution is 5.40. The van der Waals surface area contributed by atoms with Crippen LogP contribution in [0.5, 0.6) is 0 Å². The standard InChI is InChI=1S/C16H18N4/c1-11-4-5-14(12(2)8-11)6-7-18-16-9-15(10-17)19-13(3)20-16/h4-5,8-9H,6-7H2,1-3H3,(H,18,19,20). The molecule has 1 aromatic carbocycles. The Morgan fingerprint density at radius 3 is 2.65 bits per heavy atom. The van der Waals surface area contributed by atoms with Crippen LogP contribution in [0.15, 0.2) is 24.3 Å².